The zero-order chi connectivity index (χ0) is 17.4. The van der Waals surface area contributed by atoms with Crippen LogP contribution in [0.2, 0.25) is 0 Å². The van der Waals surface area contributed by atoms with Crippen molar-refractivity contribution in [3.05, 3.63) is 30.2 Å². The van der Waals surface area contributed by atoms with E-state index in [-0.39, 0.29) is 12.0 Å². The molecule has 3 aromatic heterocycles. The van der Waals surface area contributed by atoms with E-state index in [1.165, 1.54) is 25.7 Å². The molecule has 0 amide bonds. The summed E-state index contributed by atoms with van der Waals surface area (Å²) in [4.78, 5) is 4.43. The molecular weight excluding hydrogens is 314 g/mol. The SMILES string of the molecule is Cc1ccc2c(-c3cnn(C(CC#N)C4CCCC4)c3)nc(N)nn12. The quantitative estimate of drug-likeness (QED) is 0.790. The normalized spacial score (nSPS) is 16.3. The second-order valence-electron chi connectivity index (χ2n) is 6.77. The molecule has 0 aliphatic heterocycles. The summed E-state index contributed by atoms with van der Waals surface area (Å²) in [5, 5.41) is 18.1. The Morgan fingerprint density at radius 3 is 2.92 bits per heavy atom. The number of nitrogens with two attached hydrogens (primary N) is 1. The smallest absolute Gasteiger partial charge is 0.238 e. The van der Waals surface area contributed by atoms with Crippen LogP contribution in [-0.4, -0.2) is 24.4 Å². The number of nitrogens with zero attached hydrogens (tertiary/aromatic N) is 6. The van der Waals surface area contributed by atoms with Gasteiger partial charge in [0.05, 0.1) is 30.2 Å². The predicted octanol–water partition coefficient (Wildman–Crippen LogP) is 3.13. The minimum Gasteiger partial charge on any atom is -0.367 e. The van der Waals surface area contributed by atoms with Gasteiger partial charge >= 0.3 is 0 Å². The Labute approximate surface area is 146 Å². The van der Waals surface area contributed by atoms with Gasteiger partial charge in [-0.25, -0.2) is 9.50 Å². The molecule has 7 nitrogen and oxygen atoms in total. The first kappa shape index (κ1) is 15.6. The molecule has 3 aromatic rings. The maximum atomic E-state index is 9.23. The summed E-state index contributed by atoms with van der Waals surface area (Å²) in [6, 6.07) is 6.44. The summed E-state index contributed by atoms with van der Waals surface area (Å²) >= 11 is 0. The Morgan fingerprint density at radius 2 is 2.16 bits per heavy atom. The van der Waals surface area contributed by atoms with Gasteiger partial charge in [-0.2, -0.15) is 10.4 Å². The Morgan fingerprint density at radius 1 is 1.36 bits per heavy atom. The molecule has 0 radical (unpaired) electrons. The summed E-state index contributed by atoms with van der Waals surface area (Å²) in [5.41, 5.74) is 9.48. The van der Waals surface area contributed by atoms with Crippen LogP contribution in [0.25, 0.3) is 16.8 Å². The number of nitriles is 1. The number of aryl methyl sites for hydroxylation is 1. The van der Waals surface area contributed by atoms with Crippen LogP contribution in [0.4, 0.5) is 5.95 Å². The maximum absolute atomic E-state index is 9.23. The van der Waals surface area contributed by atoms with Crippen molar-refractivity contribution in [3.8, 4) is 17.3 Å². The standard InChI is InChI=1S/C18H21N7/c1-12-6-7-16-17(22-18(20)23-25(12)16)14-10-21-24(11-14)15(8-9-19)13-4-2-3-5-13/h6-7,10-11,13,15H,2-5,8H2,1H3,(H2,20,23). The first-order valence-electron chi connectivity index (χ1n) is 8.70. The van der Waals surface area contributed by atoms with Gasteiger partial charge in [0, 0.05) is 17.5 Å². The maximum Gasteiger partial charge on any atom is 0.238 e. The minimum absolute atomic E-state index is 0.130. The zero-order valence-electron chi connectivity index (χ0n) is 14.3. The molecule has 4 rings (SSSR count). The average molecular weight is 335 g/mol. The number of anilines is 1. The molecule has 1 unspecified atom stereocenters. The highest BCUT2D eigenvalue weighted by Gasteiger charge is 2.27. The second-order valence-corrected chi connectivity index (χ2v) is 6.77. The molecular formula is C18H21N7. The van der Waals surface area contributed by atoms with Crippen molar-refractivity contribution >= 4 is 11.5 Å². The van der Waals surface area contributed by atoms with Crippen LogP contribution in [0.5, 0.6) is 0 Å². The van der Waals surface area contributed by atoms with Crippen molar-refractivity contribution in [1.82, 2.24) is 24.4 Å². The van der Waals surface area contributed by atoms with Gasteiger partial charge in [0.25, 0.3) is 0 Å². The lowest BCUT2D eigenvalue weighted by molar-refractivity contribution is 0.315. The molecule has 7 heteroatoms. The summed E-state index contributed by atoms with van der Waals surface area (Å²) in [7, 11) is 0. The topological polar surface area (TPSA) is 97.8 Å². The van der Waals surface area contributed by atoms with Gasteiger partial charge in [-0.15, -0.1) is 5.10 Å². The van der Waals surface area contributed by atoms with Crippen LogP contribution in [0.1, 0.15) is 43.8 Å². The van der Waals surface area contributed by atoms with Gasteiger partial charge in [0.1, 0.15) is 5.69 Å². The number of nitrogen functional groups attached to an aromatic ring is 1. The Balaban J connectivity index is 1.75. The van der Waals surface area contributed by atoms with Crippen molar-refractivity contribution in [2.45, 2.75) is 45.1 Å². The molecule has 25 heavy (non-hydrogen) atoms. The van der Waals surface area contributed by atoms with E-state index < -0.39 is 0 Å². The lowest BCUT2D eigenvalue weighted by atomic mass is 9.96. The van der Waals surface area contributed by atoms with Gasteiger partial charge in [-0.3, -0.25) is 4.68 Å². The fourth-order valence-corrected chi connectivity index (χ4v) is 3.91. The van der Waals surface area contributed by atoms with E-state index in [2.05, 4.69) is 21.3 Å². The van der Waals surface area contributed by atoms with E-state index in [1.807, 2.05) is 36.1 Å². The van der Waals surface area contributed by atoms with E-state index in [1.54, 1.807) is 4.52 Å². The fourth-order valence-electron chi connectivity index (χ4n) is 3.91. The average Bonchev–Trinajstić information content (AvgIpc) is 3.34. The van der Waals surface area contributed by atoms with Crippen molar-refractivity contribution in [2.75, 3.05) is 5.73 Å². The molecule has 0 bridgehead atoms. The van der Waals surface area contributed by atoms with E-state index in [4.69, 9.17) is 5.73 Å². The van der Waals surface area contributed by atoms with Crippen LogP contribution >= 0.6 is 0 Å². The number of aromatic nitrogens is 5. The molecule has 1 aliphatic carbocycles. The third kappa shape index (κ3) is 2.74. The largest absolute Gasteiger partial charge is 0.367 e. The summed E-state index contributed by atoms with van der Waals surface area (Å²) < 4.78 is 3.75. The highest BCUT2D eigenvalue weighted by Crippen LogP contribution is 2.36. The minimum atomic E-state index is 0.130. The van der Waals surface area contributed by atoms with Crippen molar-refractivity contribution in [2.24, 2.45) is 5.92 Å². The summed E-state index contributed by atoms with van der Waals surface area (Å²) in [6.45, 7) is 1.98. The molecule has 2 N–H and O–H groups in total. The third-order valence-electron chi connectivity index (χ3n) is 5.18. The first-order chi connectivity index (χ1) is 12.2. The van der Waals surface area contributed by atoms with Crippen molar-refractivity contribution < 1.29 is 0 Å². The molecule has 128 valence electrons. The van der Waals surface area contributed by atoms with Crippen LogP contribution in [0, 0.1) is 24.2 Å². The summed E-state index contributed by atoms with van der Waals surface area (Å²) in [6.07, 6.45) is 9.11. The molecule has 1 fully saturated rings. The van der Waals surface area contributed by atoms with E-state index in [0.717, 1.165) is 22.5 Å². The van der Waals surface area contributed by atoms with E-state index >= 15 is 0 Å². The molecule has 0 saturated heterocycles. The monoisotopic (exact) mass is 335 g/mol. The molecule has 1 saturated carbocycles. The predicted molar refractivity (Wildman–Crippen MR) is 94.6 cm³/mol. The number of hydrogen-bond acceptors (Lipinski definition) is 5. The molecule has 1 aliphatic rings. The Kier molecular flexibility index (Phi) is 3.88. The van der Waals surface area contributed by atoms with Gasteiger partial charge in [-0.1, -0.05) is 12.8 Å². The lowest BCUT2D eigenvalue weighted by Gasteiger charge is -2.21. The fraction of sp³-hybridized carbons (Fsp3) is 0.444. The molecule has 1 atom stereocenters. The molecule has 0 spiro atoms. The van der Waals surface area contributed by atoms with E-state index in [0.29, 0.717) is 12.3 Å². The highest BCUT2D eigenvalue weighted by molar-refractivity contribution is 5.77. The van der Waals surface area contributed by atoms with Crippen LogP contribution in [-0.2, 0) is 0 Å². The molecule has 0 aromatic carbocycles. The van der Waals surface area contributed by atoms with Crippen LogP contribution in [0.15, 0.2) is 24.5 Å². The highest BCUT2D eigenvalue weighted by atomic mass is 15.3. The van der Waals surface area contributed by atoms with Gasteiger partial charge in [-0.05, 0) is 37.8 Å². The zero-order valence-corrected chi connectivity index (χ0v) is 14.3. The van der Waals surface area contributed by atoms with Crippen LogP contribution < -0.4 is 5.73 Å². The first-order valence-corrected chi connectivity index (χ1v) is 8.70. The lowest BCUT2D eigenvalue weighted by Crippen LogP contribution is -2.17. The number of rotatable bonds is 4. The van der Waals surface area contributed by atoms with Gasteiger partial charge in [0.2, 0.25) is 5.95 Å². The van der Waals surface area contributed by atoms with Crippen LogP contribution in [0.3, 0.4) is 0 Å². The Bertz CT molecular complexity index is 940. The number of hydrogen-bond donors (Lipinski definition) is 1. The Hall–Kier alpha value is -2.88. The van der Waals surface area contributed by atoms with Gasteiger partial charge in [0.15, 0.2) is 0 Å². The molecule has 3 heterocycles. The van der Waals surface area contributed by atoms with Crippen molar-refractivity contribution in [1.29, 1.82) is 5.26 Å². The second kappa shape index (κ2) is 6.20. The summed E-state index contributed by atoms with van der Waals surface area (Å²) in [5.74, 6) is 0.761. The number of fused-ring (bicyclic) bond motifs is 1. The van der Waals surface area contributed by atoms with E-state index in [9.17, 15) is 5.26 Å². The van der Waals surface area contributed by atoms with Crippen molar-refractivity contribution in [3.63, 3.8) is 0 Å². The van der Waals surface area contributed by atoms with Gasteiger partial charge < -0.3 is 5.73 Å². The third-order valence-corrected chi connectivity index (χ3v) is 5.18.